The molecule has 7 rings (SSSR count). The average molecular weight is 670 g/mol. The Hall–Kier alpha value is -6.07. The van der Waals surface area contributed by atoms with Gasteiger partial charge in [0.1, 0.15) is 5.75 Å². The molecule has 244 valence electrons. The third-order valence-electron chi connectivity index (χ3n) is 8.41. The van der Waals surface area contributed by atoms with Gasteiger partial charge in [-0.2, -0.15) is 0 Å². The maximum absolute atomic E-state index is 14.4. The van der Waals surface area contributed by atoms with Crippen molar-refractivity contribution in [3.8, 4) is 5.75 Å². The highest BCUT2D eigenvalue weighted by atomic mass is 32.1. The zero-order valence-electron chi connectivity index (χ0n) is 26.7. The van der Waals surface area contributed by atoms with Gasteiger partial charge in [0, 0.05) is 47.0 Å². The molecule has 0 saturated carbocycles. The number of aromatic nitrogens is 2. The van der Waals surface area contributed by atoms with E-state index in [4.69, 9.17) is 9.73 Å². The Morgan fingerprint density at radius 1 is 1.00 bits per heavy atom. The number of nitrogens with one attached hydrogen (secondary N) is 1. The van der Waals surface area contributed by atoms with Crippen LogP contribution in [0.15, 0.2) is 130 Å². The van der Waals surface area contributed by atoms with Crippen molar-refractivity contribution >= 4 is 45.6 Å². The van der Waals surface area contributed by atoms with Gasteiger partial charge in [-0.1, -0.05) is 72.0 Å². The highest BCUT2D eigenvalue weighted by Crippen LogP contribution is 2.32. The van der Waals surface area contributed by atoms with Crippen LogP contribution in [0.4, 0.5) is 11.4 Å². The number of carbonyl (C=O) groups is 1. The number of fused-ring (bicyclic) bond motifs is 2. The van der Waals surface area contributed by atoms with Gasteiger partial charge in [-0.3, -0.25) is 24.3 Å². The van der Waals surface area contributed by atoms with E-state index in [-0.39, 0.29) is 17.2 Å². The number of non-ortho nitro benzene ring substituents is 1. The number of benzene rings is 4. The van der Waals surface area contributed by atoms with Crippen molar-refractivity contribution in [1.82, 2.24) is 9.13 Å². The topological polar surface area (TPSA) is 121 Å². The van der Waals surface area contributed by atoms with E-state index in [1.807, 2.05) is 98.1 Å². The number of nitro benzene ring substituents is 1. The van der Waals surface area contributed by atoms with Crippen LogP contribution in [-0.4, -0.2) is 26.6 Å². The van der Waals surface area contributed by atoms with Crippen molar-refractivity contribution in [3.63, 3.8) is 0 Å². The van der Waals surface area contributed by atoms with E-state index < -0.39 is 11.0 Å². The Balaban J connectivity index is 1.33. The van der Waals surface area contributed by atoms with E-state index >= 15 is 0 Å². The Bertz CT molecular complexity index is 2430. The summed E-state index contributed by atoms with van der Waals surface area (Å²) in [5.41, 5.74) is 4.80. The van der Waals surface area contributed by atoms with Crippen molar-refractivity contribution in [2.45, 2.75) is 26.4 Å². The van der Waals surface area contributed by atoms with Crippen molar-refractivity contribution in [3.05, 3.63) is 167 Å². The summed E-state index contributed by atoms with van der Waals surface area (Å²) >= 11 is 1.28. The number of carbonyl (C=O) groups excluding carboxylic acids is 1. The molecule has 2 aromatic heterocycles. The molecule has 0 aliphatic carbocycles. The first kappa shape index (κ1) is 31.5. The molecule has 6 aromatic rings. The van der Waals surface area contributed by atoms with E-state index in [9.17, 15) is 19.7 Å². The number of nitrogens with zero attached hydrogens (tertiary/aromatic N) is 4. The third kappa shape index (κ3) is 6.19. The zero-order chi connectivity index (χ0) is 34.1. The number of nitro groups is 1. The largest absolute Gasteiger partial charge is 0.494 e. The minimum atomic E-state index is -0.721. The quantitative estimate of drug-likeness (QED) is 0.146. The van der Waals surface area contributed by atoms with E-state index in [2.05, 4.69) is 9.88 Å². The monoisotopic (exact) mass is 669 g/mol. The van der Waals surface area contributed by atoms with Crippen molar-refractivity contribution in [1.29, 1.82) is 0 Å². The second-order valence-electron chi connectivity index (χ2n) is 11.6. The molecule has 0 bridgehead atoms. The number of para-hydroxylation sites is 2. The van der Waals surface area contributed by atoms with Gasteiger partial charge in [-0.15, -0.1) is 0 Å². The molecule has 0 radical (unpaired) electrons. The van der Waals surface area contributed by atoms with Crippen LogP contribution < -0.4 is 24.9 Å². The van der Waals surface area contributed by atoms with Gasteiger partial charge >= 0.3 is 0 Å². The lowest BCUT2D eigenvalue weighted by atomic mass is 9.95. The Labute approximate surface area is 284 Å². The minimum Gasteiger partial charge on any atom is -0.494 e. The second-order valence-corrected chi connectivity index (χ2v) is 12.6. The molecule has 49 heavy (non-hydrogen) atoms. The summed E-state index contributed by atoms with van der Waals surface area (Å²) in [6.45, 7) is 4.72. The fourth-order valence-corrected chi connectivity index (χ4v) is 7.18. The lowest BCUT2D eigenvalue weighted by molar-refractivity contribution is -0.384. The number of hydrogen-bond acceptors (Lipinski definition) is 7. The van der Waals surface area contributed by atoms with Crippen molar-refractivity contribution < 1.29 is 14.5 Å². The van der Waals surface area contributed by atoms with Gasteiger partial charge < -0.3 is 14.6 Å². The van der Waals surface area contributed by atoms with Crippen LogP contribution in [0.2, 0.25) is 0 Å². The van der Waals surface area contributed by atoms with Gasteiger partial charge in [0.25, 0.3) is 17.2 Å². The van der Waals surface area contributed by atoms with Crippen LogP contribution in [0.3, 0.4) is 0 Å². The second kappa shape index (κ2) is 13.2. The van der Waals surface area contributed by atoms with Gasteiger partial charge in [-0.25, -0.2) is 4.99 Å². The predicted octanol–water partition coefficient (Wildman–Crippen LogP) is 6.18. The lowest BCUT2D eigenvalue weighted by Crippen LogP contribution is -2.40. The highest BCUT2D eigenvalue weighted by Gasteiger charge is 2.32. The van der Waals surface area contributed by atoms with E-state index in [1.165, 1.54) is 23.5 Å². The first-order chi connectivity index (χ1) is 23.8. The summed E-state index contributed by atoms with van der Waals surface area (Å²) in [5, 5.41) is 15.1. The first-order valence-corrected chi connectivity index (χ1v) is 16.6. The van der Waals surface area contributed by atoms with Crippen molar-refractivity contribution in [2.24, 2.45) is 4.99 Å². The van der Waals surface area contributed by atoms with Crippen molar-refractivity contribution in [2.75, 3.05) is 11.9 Å². The molecule has 1 N–H and O–H groups in total. The normalized spacial score (nSPS) is 14.4. The molecular weight excluding hydrogens is 639 g/mol. The summed E-state index contributed by atoms with van der Waals surface area (Å²) in [6.07, 6.45) is 3.86. The highest BCUT2D eigenvalue weighted by molar-refractivity contribution is 7.07. The lowest BCUT2D eigenvalue weighted by Gasteiger charge is -2.25. The van der Waals surface area contributed by atoms with Gasteiger partial charge in [0.15, 0.2) is 4.80 Å². The molecule has 0 spiro atoms. The summed E-state index contributed by atoms with van der Waals surface area (Å²) in [5.74, 6) is 0.356. The zero-order valence-corrected chi connectivity index (χ0v) is 27.5. The molecule has 10 nitrogen and oxygen atoms in total. The van der Waals surface area contributed by atoms with Crippen LogP contribution in [0, 0.1) is 10.1 Å². The van der Waals surface area contributed by atoms with Crippen LogP contribution in [0.5, 0.6) is 5.75 Å². The van der Waals surface area contributed by atoms with Crippen LogP contribution in [-0.2, 0) is 11.3 Å². The predicted molar refractivity (Wildman–Crippen MR) is 191 cm³/mol. The molecule has 1 aliphatic rings. The van der Waals surface area contributed by atoms with E-state index in [0.717, 1.165) is 27.6 Å². The number of anilines is 1. The third-order valence-corrected chi connectivity index (χ3v) is 9.39. The number of amides is 1. The smallest absolute Gasteiger partial charge is 0.271 e. The maximum atomic E-state index is 14.4. The number of thiazole rings is 1. The van der Waals surface area contributed by atoms with E-state index in [1.54, 1.807) is 23.6 Å². The summed E-state index contributed by atoms with van der Waals surface area (Å²) in [7, 11) is 0. The fraction of sp³-hybridized carbons (Fsp3) is 0.132. The molecule has 1 amide bonds. The van der Waals surface area contributed by atoms with Crippen LogP contribution >= 0.6 is 11.3 Å². The molecule has 11 heteroatoms. The Morgan fingerprint density at radius 3 is 2.43 bits per heavy atom. The summed E-state index contributed by atoms with van der Waals surface area (Å²) in [4.78, 5) is 44.3. The molecule has 1 atom stereocenters. The molecule has 0 saturated heterocycles. The van der Waals surface area contributed by atoms with Gasteiger partial charge in [0.05, 0.1) is 33.4 Å². The molecule has 0 unspecified atom stereocenters. The Kier molecular flexibility index (Phi) is 8.50. The molecule has 4 aromatic carbocycles. The average Bonchev–Trinajstić information content (AvgIpc) is 3.61. The Morgan fingerprint density at radius 2 is 1.71 bits per heavy atom. The summed E-state index contributed by atoms with van der Waals surface area (Å²) < 4.78 is 9.82. The van der Waals surface area contributed by atoms with Crippen LogP contribution in [0.25, 0.3) is 17.0 Å². The molecular formula is C38H31N5O5S. The minimum absolute atomic E-state index is 0.0386. The molecule has 1 aliphatic heterocycles. The SMILES string of the molecule is CCOc1ccc([C@@H]2C(C(=O)Nc3ccccc3)=C(C)N=c3s/c(=C\c4cn(Cc5ccc([N+](=O)[O-])cc5)c5ccccc45)c(=O)n32)cc1. The first-order valence-electron chi connectivity index (χ1n) is 15.7. The maximum Gasteiger partial charge on any atom is 0.271 e. The van der Waals surface area contributed by atoms with Crippen LogP contribution in [0.1, 0.15) is 36.6 Å². The molecule has 0 fully saturated rings. The summed E-state index contributed by atoms with van der Waals surface area (Å²) in [6, 6.07) is 30.3. The number of allylic oxidation sites excluding steroid dienone is 1. The van der Waals surface area contributed by atoms with Gasteiger partial charge in [0.2, 0.25) is 0 Å². The number of ether oxygens (including phenoxy) is 1. The standard InChI is InChI=1S/C38H31N5O5S/c1-3-48-30-19-15-26(16-20-30)35-34(36(44)40-28-9-5-4-6-10-28)24(2)39-38-42(35)37(45)33(49-38)21-27-23-41(32-12-8-7-11-31(27)32)22-25-13-17-29(18-14-25)43(46)47/h4-21,23,35H,3,22H2,1-2H3,(H,40,44)/b33-21-/t35-/m1/s1. The number of rotatable bonds is 9. The van der Waals surface area contributed by atoms with E-state index in [0.29, 0.717) is 45.2 Å². The van der Waals surface area contributed by atoms with Gasteiger partial charge in [-0.05, 0) is 61.4 Å². The molecule has 3 heterocycles. The fourth-order valence-electron chi connectivity index (χ4n) is 6.14. The number of hydrogen-bond donors (Lipinski definition) is 1.